The SMILES string of the molecule is Cc1ccccc1-c1cnc2c(c1)C(c1ccc3nccn3c1)=CC2. The van der Waals surface area contributed by atoms with Crippen LogP contribution < -0.4 is 0 Å². The average Bonchev–Trinajstić information content (AvgIpc) is 3.27. The first-order chi connectivity index (χ1) is 12.3. The molecule has 0 saturated carbocycles. The standard InChI is InChI=1S/C22H17N3/c1-15-4-2-3-5-18(15)17-12-20-19(7-8-21(20)24-13-17)16-6-9-22-23-10-11-25(22)14-16/h2-7,9-14H,8H2,1H3. The number of aryl methyl sites for hydroxylation is 1. The Bertz CT molecular complexity index is 1130. The van der Waals surface area contributed by atoms with E-state index < -0.39 is 0 Å². The zero-order valence-corrected chi connectivity index (χ0v) is 14.0. The highest BCUT2D eigenvalue weighted by molar-refractivity contribution is 5.86. The molecule has 4 aromatic rings. The van der Waals surface area contributed by atoms with Gasteiger partial charge in [-0.1, -0.05) is 30.3 Å². The summed E-state index contributed by atoms with van der Waals surface area (Å²) in [7, 11) is 0. The molecule has 1 aliphatic rings. The van der Waals surface area contributed by atoms with Gasteiger partial charge in [0.15, 0.2) is 0 Å². The van der Waals surface area contributed by atoms with Gasteiger partial charge in [0.2, 0.25) is 0 Å². The lowest BCUT2D eigenvalue weighted by atomic mass is 9.97. The molecule has 0 amide bonds. The van der Waals surface area contributed by atoms with Crippen LogP contribution in [0.3, 0.4) is 0 Å². The molecule has 0 aliphatic heterocycles. The van der Waals surface area contributed by atoms with Crippen LogP contribution >= 0.6 is 0 Å². The molecular weight excluding hydrogens is 306 g/mol. The normalized spacial score (nSPS) is 13.1. The molecule has 3 aromatic heterocycles. The number of fused-ring (bicyclic) bond motifs is 2. The van der Waals surface area contributed by atoms with Crippen LogP contribution in [0.1, 0.15) is 22.4 Å². The highest BCUT2D eigenvalue weighted by Crippen LogP contribution is 2.35. The fourth-order valence-corrected chi connectivity index (χ4v) is 3.59. The Balaban J connectivity index is 1.63. The Labute approximate surface area is 146 Å². The third-order valence-corrected chi connectivity index (χ3v) is 4.92. The quantitative estimate of drug-likeness (QED) is 0.535. The van der Waals surface area contributed by atoms with Crippen LogP contribution in [0.5, 0.6) is 0 Å². The molecule has 1 aromatic carbocycles. The molecule has 0 unspecified atom stereocenters. The molecule has 25 heavy (non-hydrogen) atoms. The predicted molar refractivity (Wildman–Crippen MR) is 100 cm³/mol. The summed E-state index contributed by atoms with van der Waals surface area (Å²) in [6, 6.07) is 14.9. The summed E-state index contributed by atoms with van der Waals surface area (Å²) in [5, 5.41) is 0. The maximum Gasteiger partial charge on any atom is 0.136 e. The van der Waals surface area contributed by atoms with E-state index in [1.165, 1.54) is 33.4 Å². The molecule has 0 atom stereocenters. The summed E-state index contributed by atoms with van der Waals surface area (Å²) < 4.78 is 2.06. The summed E-state index contributed by atoms with van der Waals surface area (Å²) >= 11 is 0. The van der Waals surface area contributed by atoms with Crippen LogP contribution in [0.15, 0.2) is 73.3 Å². The second-order valence-corrected chi connectivity index (χ2v) is 6.47. The van der Waals surface area contributed by atoms with E-state index in [9.17, 15) is 0 Å². The van der Waals surface area contributed by atoms with E-state index in [1.807, 2.05) is 18.6 Å². The van der Waals surface area contributed by atoms with E-state index in [0.29, 0.717) is 0 Å². The first kappa shape index (κ1) is 14.2. The number of benzene rings is 1. The molecule has 0 saturated heterocycles. The Morgan fingerprint density at radius 3 is 2.80 bits per heavy atom. The van der Waals surface area contributed by atoms with E-state index in [1.54, 1.807) is 0 Å². The van der Waals surface area contributed by atoms with Gasteiger partial charge in [-0.2, -0.15) is 0 Å². The Morgan fingerprint density at radius 1 is 0.960 bits per heavy atom. The van der Waals surface area contributed by atoms with Crippen LogP contribution in [0, 0.1) is 6.92 Å². The van der Waals surface area contributed by atoms with Gasteiger partial charge in [-0.15, -0.1) is 0 Å². The third kappa shape index (κ3) is 2.28. The Hall–Kier alpha value is -3.20. The molecule has 0 N–H and O–H groups in total. The van der Waals surface area contributed by atoms with Crippen molar-refractivity contribution in [2.75, 3.05) is 0 Å². The predicted octanol–water partition coefficient (Wildman–Crippen LogP) is 4.69. The van der Waals surface area contributed by atoms with Crippen molar-refractivity contribution in [1.82, 2.24) is 14.4 Å². The van der Waals surface area contributed by atoms with Gasteiger partial charge >= 0.3 is 0 Å². The second-order valence-electron chi connectivity index (χ2n) is 6.47. The maximum atomic E-state index is 4.73. The van der Waals surface area contributed by atoms with Crippen molar-refractivity contribution in [2.45, 2.75) is 13.3 Å². The van der Waals surface area contributed by atoms with Crippen molar-refractivity contribution in [3.05, 3.63) is 95.7 Å². The van der Waals surface area contributed by atoms with E-state index >= 15 is 0 Å². The first-order valence-electron chi connectivity index (χ1n) is 8.48. The van der Waals surface area contributed by atoms with E-state index in [4.69, 9.17) is 4.98 Å². The lowest BCUT2D eigenvalue weighted by molar-refractivity contribution is 1.13. The number of allylic oxidation sites excluding steroid dienone is 1. The summed E-state index contributed by atoms with van der Waals surface area (Å²) in [5.74, 6) is 0. The van der Waals surface area contributed by atoms with Crippen molar-refractivity contribution in [3.63, 3.8) is 0 Å². The first-order valence-corrected chi connectivity index (χ1v) is 8.48. The molecule has 5 rings (SSSR count). The second kappa shape index (κ2) is 5.42. The number of pyridine rings is 2. The van der Waals surface area contributed by atoms with Crippen LogP contribution in [0.2, 0.25) is 0 Å². The van der Waals surface area contributed by atoms with Crippen molar-refractivity contribution < 1.29 is 0 Å². The van der Waals surface area contributed by atoms with Crippen molar-refractivity contribution in [1.29, 1.82) is 0 Å². The minimum atomic E-state index is 0.890. The minimum absolute atomic E-state index is 0.890. The van der Waals surface area contributed by atoms with Gasteiger partial charge < -0.3 is 4.40 Å². The van der Waals surface area contributed by atoms with Crippen LogP contribution in [-0.2, 0) is 6.42 Å². The fourth-order valence-electron chi connectivity index (χ4n) is 3.59. The summed E-state index contributed by atoms with van der Waals surface area (Å²) in [6.45, 7) is 2.15. The Kier molecular flexibility index (Phi) is 3.07. The molecule has 3 heteroatoms. The summed E-state index contributed by atoms with van der Waals surface area (Å²) in [5.41, 5.74) is 9.50. The largest absolute Gasteiger partial charge is 0.306 e. The molecule has 3 nitrogen and oxygen atoms in total. The number of aromatic nitrogens is 3. The number of nitrogens with zero attached hydrogens (tertiary/aromatic N) is 3. The highest BCUT2D eigenvalue weighted by Gasteiger charge is 2.18. The Morgan fingerprint density at radius 2 is 1.88 bits per heavy atom. The van der Waals surface area contributed by atoms with Gasteiger partial charge in [0.05, 0.1) is 5.69 Å². The number of imidazole rings is 1. The smallest absolute Gasteiger partial charge is 0.136 e. The van der Waals surface area contributed by atoms with Gasteiger partial charge in [-0.05, 0) is 47.4 Å². The van der Waals surface area contributed by atoms with Crippen LogP contribution in [-0.4, -0.2) is 14.4 Å². The molecular formula is C22H17N3. The lowest BCUT2D eigenvalue weighted by Gasteiger charge is -2.10. The molecule has 0 bridgehead atoms. The molecule has 1 aliphatic carbocycles. The lowest BCUT2D eigenvalue weighted by Crippen LogP contribution is -1.94. The van der Waals surface area contributed by atoms with E-state index in [0.717, 1.165) is 17.8 Å². The van der Waals surface area contributed by atoms with Crippen molar-refractivity contribution in [3.8, 4) is 11.1 Å². The molecule has 3 heterocycles. The van der Waals surface area contributed by atoms with Crippen LogP contribution in [0.25, 0.3) is 22.3 Å². The van der Waals surface area contributed by atoms with Crippen LogP contribution in [0.4, 0.5) is 0 Å². The zero-order chi connectivity index (χ0) is 16.8. The average molecular weight is 323 g/mol. The molecule has 0 radical (unpaired) electrons. The summed E-state index contributed by atoms with van der Waals surface area (Å²) in [6.07, 6.45) is 11.1. The van der Waals surface area contributed by atoms with E-state index in [-0.39, 0.29) is 0 Å². The molecule has 0 spiro atoms. The van der Waals surface area contributed by atoms with Crippen molar-refractivity contribution >= 4 is 11.2 Å². The fraction of sp³-hybridized carbons (Fsp3) is 0.0909. The monoisotopic (exact) mass is 323 g/mol. The highest BCUT2D eigenvalue weighted by atomic mass is 15.0. The number of hydrogen-bond donors (Lipinski definition) is 0. The number of rotatable bonds is 2. The molecule has 0 fully saturated rings. The van der Waals surface area contributed by atoms with Gasteiger partial charge in [-0.3, -0.25) is 4.98 Å². The summed E-state index contributed by atoms with van der Waals surface area (Å²) in [4.78, 5) is 9.06. The van der Waals surface area contributed by atoms with Crippen molar-refractivity contribution in [2.24, 2.45) is 0 Å². The zero-order valence-electron chi connectivity index (χ0n) is 14.0. The maximum absolute atomic E-state index is 4.73. The topological polar surface area (TPSA) is 30.2 Å². The number of hydrogen-bond acceptors (Lipinski definition) is 2. The van der Waals surface area contributed by atoms with Gasteiger partial charge in [0, 0.05) is 42.3 Å². The van der Waals surface area contributed by atoms with Gasteiger partial charge in [0.25, 0.3) is 0 Å². The van der Waals surface area contributed by atoms with Gasteiger partial charge in [0.1, 0.15) is 5.65 Å². The minimum Gasteiger partial charge on any atom is -0.306 e. The molecule has 120 valence electrons. The van der Waals surface area contributed by atoms with Gasteiger partial charge in [-0.25, -0.2) is 4.98 Å². The van der Waals surface area contributed by atoms with E-state index in [2.05, 4.69) is 71.0 Å². The third-order valence-electron chi connectivity index (χ3n) is 4.92.